The average molecular weight is 342 g/mol. The lowest BCUT2D eigenvalue weighted by Gasteiger charge is -2.13. The van der Waals surface area contributed by atoms with Gasteiger partial charge < -0.3 is 14.7 Å². The van der Waals surface area contributed by atoms with Crippen LogP contribution in [0.1, 0.15) is 11.4 Å². The molecule has 0 bridgehead atoms. The number of aromatic nitrogens is 2. The highest BCUT2D eigenvalue weighted by Gasteiger charge is 2.12. The van der Waals surface area contributed by atoms with E-state index in [1.165, 1.54) is 0 Å². The molecule has 0 saturated carbocycles. The first-order valence-electron chi connectivity index (χ1n) is 7.52. The molecule has 2 heterocycles. The summed E-state index contributed by atoms with van der Waals surface area (Å²) in [6, 6.07) is 11.6. The fourth-order valence-electron chi connectivity index (χ4n) is 2.17. The van der Waals surface area contributed by atoms with Crippen LogP contribution < -0.4 is 5.32 Å². The van der Waals surface area contributed by atoms with E-state index in [4.69, 9.17) is 4.52 Å². The van der Waals surface area contributed by atoms with Crippen LogP contribution in [-0.4, -0.2) is 35.0 Å². The Bertz CT molecular complexity index is 812. The number of nitrogens with one attached hydrogen (secondary N) is 1. The van der Waals surface area contributed by atoms with Crippen molar-refractivity contribution in [1.82, 2.24) is 15.0 Å². The Hall–Kier alpha value is -2.67. The van der Waals surface area contributed by atoms with Gasteiger partial charge in [0.2, 0.25) is 5.91 Å². The molecular formula is C17H18N4O2S. The summed E-state index contributed by atoms with van der Waals surface area (Å²) < 4.78 is 5.27. The minimum Gasteiger partial charge on any atom is -0.377 e. The SMILES string of the molecule is CN(C)C(=O)Cc1ccccc1NCc1noc(-c2cccs2)n1. The van der Waals surface area contributed by atoms with Gasteiger partial charge in [0.15, 0.2) is 5.82 Å². The molecule has 0 aliphatic carbocycles. The molecule has 3 aromatic rings. The van der Waals surface area contributed by atoms with Crippen molar-refractivity contribution < 1.29 is 9.32 Å². The van der Waals surface area contributed by atoms with Crippen molar-refractivity contribution in [2.24, 2.45) is 0 Å². The topological polar surface area (TPSA) is 71.3 Å². The maximum atomic E-state index is 11.9. The molecule has 1 N–H and O–H groups in total. The zero-order valence-corrected chi connectivity index (χ0v) is 14.3. The maximum absolute atomic E-state index is 11.9. The molecule has 1 aromatic carbocycles. The number of nitrogens with zero attached hydrogens (tertiary/aromatic N) is 3. The number of thiophene rings is 1. The monoisotopic (exact) mass is 342 g/mol. The van der Waals surface area contributed by atoms with Crippen LogP contribution in [0.15, 0.2) is 46.3 Å². The molecule has 0 aliphatic rings. The number of rotatable bonds is 6. The van der Waals surface area contributed by atoms with E-state index in [-0.39, 0.29) is 5.91 Å². The summed E-state index contributed by atoms with van der Waals surface area (Å²) in [5.41, 5.74) is 1.84. The third-order valence-electron chi connectivity index (χ3n) is 3.49. The zero-order valence-electron chi connectivity index (χ0n) is 13.5. The van der Waals surface area contributed by atoms with E-state index in [9.17, 15) is 4.79 Å². The summed E-state index contributed by atoms with van der Waals surface area (Å²) in [7, 11) is 3.51. The van der Waals surface area contributed by atoms with E-state index in [2.05, 4.69) is 15.5 Å². The predicted octanol–water partition coefficient (Wildman–Crippen LogP) is 3.04. The molecule has 2 aromatic heterocycles. The largest absolute Gasteiger partial charge is 0.377 e. The molecule has 7 heteroatoms. The number of hydrogen-bond donors (Lipinski definition) is 1. The summed E-state index contributed by atoms with van der Waals surface area (Å²) >= 11 is 1.56. The Kier molecular flexibility index (Phi) is 4.90. The molecule has 0 fully saturated rings. The van der Waals surface area contributed by atoms with Gasteiger partial charge in [0, 0.05) is 19.8 Å². The van der Waals surface area contributed by atoms with Crippen molar-refractivity contribution in [3.63, 3.8) is 0 Å². The highest BCUT2D eigenvalue weighted by molar-refractivity contribution is 7.13. The normalized spacial score (nSPS) is 10.6. The number of benzene rings is 1. The van der Waals surface area contributed by atoms with Gasteiger partial charge >= 0.3 is 0 Å². The van der Waals surface area contributed by atoms with Crippen LogP contribution in [0, 0.1) is 0 Å². The maximum Gasteiger partial charge on any atom is 0.268 e. The number of para-hydroxylation sites is 1. The van der Waals surface area contributed by atoms with Crippen molar-refractivity contribution in [2.45, 2.75) is 13.0 Å². The fourth-order valence-corrected chi connectivity index (χ4v) is 2.81. The lowest BCUT2D eigenvalue weighted by Crippen LogP contribution is -2.23. The summed E-state index contributed by atoms with van der Waals surface area (Å²) in [5.74, 6) is 1.16. The Labute approximate surface area is 144 Å². The highest BCUT2D eigenvalue weighted by Crippen LogP contribution is 2.23. The molecule has 3 rings (SSSR count). The summed E-state index contributed by atoms with van der Waals surface area (Å²) in [6.07, 6.45) is 0.350. The van der Waals surface area contributed by atoms with Crippen molar-refractivity contribution in [2.75, 3.05) is 19.4 Å². The van der Waals surface area contributed by atoms with Gasteiger partial charge in [-0.15, -0.1) is 11.3 Å². The van der Waals surface area contributed by atoms with E-state index in [1.807, 2.05) is 41.8 Å². The Balaban J connectivity index is 1.68. The van der Waals surface area contributed by atoms with Crippen molar-refractivity contribution in [1.29, 1.82) is 0 Å². The fraction of sp³-hybridized carbons (Fsp3) is 0.235. The van der Waals surface area contributed by atoms with Crippen LogP contribution >= 0.6 is 11.3 Å². The van der Waals surface area contributed by atoms with Gasteiger partial charge in [-0.25, -0.2) is 0 Å². The third kappa shape index (κ3) is 3.80. The Morgan fingerprint density at radius 3 is 2.83 bits per heavy atom. The van der Waals surface area contributed by atoms with Crippen LogP contribution in [0.5, 0.6) is 0 Å². The van der Waals surface area contributed by atoms with E-state index in [1.54, 1.807) is 30.3 Å². The number of carbonyl (C=O) groups is 1. The minimum atomic E-state index is 0.0591. The summed E-state index contributed by atoms with van der Waals surface area (Å²) in [5, 5.41) is 9.24. The standard InChI is InChI=1S/C17H18N4O2S/c1-21(2)16(22)10-12-6-3-4-7-13(12)18-11-15-19-17(23-20-15)14-8-5-9-24-14/h3-9,18H,10-11H2,1-2H3. The zero-order chi connectivity index (χ0) is 16.9. The average Bonchev–Trinajstić information content (AvgIpc) is 3.25. The van der Waals surface area contributed by atoms with E-state index in [0.29, 0.717) is 24.7 Å². The van der Waals surface area contributed by atoms with E-state index >= 15 is 0 Å². The quantitative estimate of drug-likeness (QED) is 0.745. The molecule has 1 amide bonds. The molecular weight excluding hydrogens is 324 g/mol. The molecule has 0 unspecified atom stereocenters. The number of anilines is 1. The smallest absolute Gasteiger partial charge is 0.268 e. The first kappa shape index (κ1) is 16.2. The van der Waals surface area contributed by atoms with E-state index < -0.39 is 0 Å². The molecule has 0 spiro atoms. The second kappa shape index (κ2) is 7.27. The molecule has 0 aliphatic heterocycles. The molecule has 6 nitrogen and oxygen atoms in total. The van der Waals surface area contributed by atoms with Gasteiger partial charge in [0.1, 0.15) is 0 Å². The van der Waals surface area contributed by atoms with Crippen molar-refractivity contribution in [3.8, 4) is 10.8 Å². The van der Waals surface area contributed by atoms with Gasteiger partial charge in [0.25, 0.3) is 5.89 Å². The van der Waals surface area contributed by atoms with Gasteiger partial charge in [-0.3, -0.25) is 4.79 Å². The molecule has 0 radical (unpaired) electrons. The first-order chi connectivity index (χ1) is 11.6. The number of carbonyl (C=O) groups excluding carboxylic acids is 1. The predicted molar refractivity (Wildman–Crippen MR) is 93.8 cm³/mol. The van der Waals surface area contributed by atoms with Gasteiger partial charge in [-0.05, 0) is 23.1 Å². The minimum absolute atomic E-state index is 0.0591. The Morgan fingerprint density at radius 1 is 1.25 bits per heavy atom. The number of likely N-dealkylation sites (N-methyl/N-ethyl adjacent to an activating group) is 1. The molecule has 0 saturated heterocycles. The Morgan fingerprint density at radius 2 is 2.08 bits per heavy atom. The van der Waals surface area contributed by atoms with Crippen molar-refractivity contribution in [3.05, 3.63) is 53.2 Å². The van der Waals surface area contributed by atoms with E-state index in [0.717, 1.165) is 16.1 Å². The molecule has 24 heavy (non-hydrogen) atoms. The van der Waals surface area contributed by atoms with Crippen LogP contribution in [0.2, 0.25) is 0 Å². The number of amides is 1. The van der Waals surface area contributed by atoms with Crippen LogP contribution in [0.4, 0.5) is 5.69 Å². The second-order valence-corrected chi connectivity index (χ2v) is 6.42. The lowest BCUT2D eigenvalue weighted by atomic mass is 10.1. The summed E-state index contributed by atoms with van der Waals surface area (Å²) in [4.78, 5) is 18.9. The second-order valence-electron chi connectivity index (χ2n) is 5.47. The van der Waals surface area contributed by atoms with Crippen molar-refractivity contribution >= 4 is 22.9 Å². The van der Waals surface area contributed by atoms with Crippen LogP contribution in [-0.2, 0) is 17.8 Å². The van der Waals surface area contributed by atoms with Gasteiger partial charge in [-0.2, -0.15) is 4.98 Å². The van der Waals surface area contributed by atoms with Gasteiger partial charge in [-0.1, -0.05) is 29.4 Å². The third-order valence-corrected chi connectivity index (χ3v) is 4.35. The highest BCUT2D eigenvalue weighted by atomic mass is 32.1. The molecule has 124 valence electrons. The summed E-state index contributed by atoms with van der Waals surface area (Å²) in [6.45, 7) is 0.433. The van der Waals surface area contributed by atoms with Gasteiger partial charge in [0.05, 0.1) is 17.8 Å². The first-order valence-corrected chi connectivity index (χ1v) is 8.40. The number of hydrogen-bond acceptors (Lipinski definition) is 6. The molecule has 0 atom stereocenters. The lowest BCUT2D eigenvalue weighted by molar-refractivity contribution is -0.127. The van der Waals surface area contributed by atoms with Crippen LogP contribution in [0.25, 0.3) is 10.8 Å². The van der Waals surface area contributed by atoms with Crippen LogP contribution in [0.3, 0.4) is 0 Å².